The van der Waals surface area contributed by atoms with Crippen LogP contribution in [0.1, 0.15) is 34.5 Å². The molecule has 1 aliphatic rings. The Morgan fingerprint density at radius 2 is 1.79 bits per heavy atom. The zero-order valence-corrected chi connectivity index (χ0v) is 16.9. The molecule has 2 amide bonds. The maximum atomic E-state index is 13.9. The molecular formula is C18H19F2N3O4S2. The lowest BCUT2D eigenvalue weighted by Crippen LogP contribution is -2.35. The molecular weight excluding hydrogens is 424 g/mol. The first-order valence-electron chi connectivity index (χ1n) is 8.86. The first kappa shape index (κ1) is 21.3. The second kappa shape index (κ2) is 8.56. The third-order valence-electron chi connectivity index (χ3n) is 4.48. The van der Waals surface area contributed by atoms with Gasteiger partial charge in [0.2, 0.25) is 5.91 Å². The molecule has 156 valence electrons. The molecule has 3 N–H and O–H groups in total. The fourth-order valence-corrected chi connectivity index (χ4v) is 6.04. The standard InChI is InChI=1S/C18H19F2N3O4S2/c19-13-10-14(20)15(9-12(13)18(21)25)22-16(24)8-11-4-5-17(28-11)29(26,27)23-6-2-1-3-7-23/h4-5,9-10H,1-3,6-8H2,(H2,21,25)(H,22,24). The number of anilines is 1. The largest absolute Gasteiger partial charge is 0.366 e. The molecule has 1 saturated heterocycles. The van der Waals surface area contributed by atoms with Gasteiger partial charge in [0.1, 0.15) is 15.8 Å². The van der Waals surface area contributed by atoms with Gasteiger partial charge < -0.3 is 11.1 Å². The number of carbonyl (C=O) groups excluding carboxylic acids is 2. The molecule has 0 saturated carbocycles. The lowest BCUT2D eigenvalue weighted by molar-refractivity contribution is -0.115. The number of carbonyl (C=O) groups is 2. The van der Waals surface area contributed by atoms with Gasteiger partial charge in [-0.1, -0.05) is 6.42 Å². The predicted molar refractivity (Wildman–Crippen MR) is 104 cm³/mol. The van der Waals surface area contributed by atoms with Gasteiger partial charge in [0.05, 0.1) is 17.7 Å². The highest BCUT2D eigenvalue weighted by atomic mass is 32.2. The van der Waals surface area contributed by atoms with Gasteiger partial charge in [0.25, 0.3) is 15.9 Å². The van der Waals surface area contributed by atoms with Crippen molar-refractivity contribution < 1.29 is 26.8 Å². The zero-order valence-electron chi connectivity index (χ0n) is 15.3. The number of nitrogens with one attached hydrogen (secondary N) is 1. The number of thiophene rings is 1. The highest BCUT2D eigenvalue weighted by Crippen LogP contribution is 2.28. The van der Waals surface area contributed by atoms with Crippen molar-refractivity contribution in [1.82, 2.24) is 4.31 Å². The Balaban J connectivity index is 1.71. The van der Waals surface area contributed by atoms with Crippen molar-refractivity contribution in [1.29, 1.82) is 0 Å². The van der Waals surface area contributed by atoms with Gasteiger partial charge in [0.15, 0.2) is 0 Å². The summed E-state index contributed by atoms with van der Waals surface area (Å²) < 4.78 is 54.3. The Hall–Kier alpha value is -2.37. The van der Waals surface area contributed by atoms with Gasteiger partial charge in [0, 0.05) is 24.0 Å². The van der Waals surface area contributed by atoms with Crippen molar-refractivity contribution in [2.75, 3.05) is 18.4 Å². The highest BCUT2D eigenvalue weighted by molar-refractivity contribution is 7.91. The van der Waals surface area contributed by atoms with E-state index in [-0.39, 0.29) is 16.3 Å². The minimum Gasteiger partial charge on any atom is -0.366 e. The van der Waals surface area contributed by atoms with Crippen molar-refractivity contribution in [3.63, 3.8) is 0 Å². The van der Waals surface area contributed by atoms with Gasteiger partial charge >= 0.3 is 0 Å². The monoisotopic (exact) mass is 443 g/mol. The Morgan fingerprint density at radius 3 is 2.45 bits per heavy atom. The minimum absolute atomic E-state index is 0.145. The number of sulfonamides is 1. The molecule has 2 aromatic rings. The molecule has 0 bridgehead atoms. The van der Waals surface area contributed by atoms with Crippen LogP contribution in [0.5, 0.6) is 0 Å². The van der Waals surface area contributed by atoms with Gasteiger partial charge in [-0.3, -0.25) is 9.59 Å². The van der Waals surface area contributed by atoms with E-state index in [9.17, 15) is 26.8 Å². The number of hydrogen-bond donors (Lipinski definition) is 2. The van der Waals surface area contributed by atoms with Gasteiger partial charge in [-0.15, -0.1) is 11.3 Å². The topological polar surface area (TPSA) is 110 Å². The normalized spacial score (nSPS) is 15.2. The number of benzene rings is 1. The Morgan fingerprint density at radius 1 is 1.10 bits per heavy atom. The number of halogens is 2. The lowest BCUT2D eigenvalue weighted by atomic mass is 10.1. The van der Waals surface area contributed by atoms with Crippen LogP contribution in [0, 0.1) is 11.6 Å². The maximum absolute atomic E-state index is 13.9. The molecule has 7 nitrogen and oxygen atoms in total. The fourth-order valence-electron chi connectivity index (χ4n) is 3.01. The SMILES string of the molecule is NC(=O)c1cc(NC(=O)Cc2ccc(S(=O)(=O)N3CCCCC3)s2)c(F)cc1F. The number of nitrogens with two attached hydrogens (primary N) is 1. The minimum atomic E-state index is -3.60. The van der Waals surface area contributed by atoms with Crippen LogP contribution in [0.15, 0.2) is 28.5 Å². The van der Waals surface area contributed by atoms with Gasteiger partial charge in [-0.05, 0) is 31.0 Å². The highest BCUT2D eigenvalue weighted by Gasteiger charge is 2.27. The van der Waals surface area contributed by atoms with Crippen molar-refractivity contribution >= 4 is 38.9 Å². The van der Waals surface area contributed by atoms with E-state index in [1.54, 1.807) is 0 Å². The molecule has 0 atom stereocenters. The smallest absolute Gasteiger partial charge is 0.252 e. The number of piperidine rings is 1. The van der Waals surface area contributed by atoms with Crippen LogP contribution < -0.4 is 11.1 Å². The molecule has 2 heterocycles. The molecule has 1 fully saturated rings. The first-order chi connectivity index (χ1) is 13.7. The van der Waals surface area contributed by atoms with E-state index >= 15 is 0 Å². The number of amides is 2. The fraction of sp³-hybridized carbons (Fsp3) is 0.333. The van der Waals surface area contributed by atoms with Crippen LogP contribution >= 0.6 is 11.3 Å². The molecule has 0 spiro atoms. The van der Waals surface area contributed by atoms with E-state index in [1.165, 1.54) is 16.4 Å². The van der Waals surface area contributed by atoms with Crippen molar-refractivity contribution in [3.05, 3.63) is 46.3 Å². The second-order valence-corrected chi connectivity index (χ2v) is 9.92. The van der Waals surface area contributed by atoms with Crippen LogP contribution in [0.2, 0.25) is 0 Å². The summed E-state index contributed by atoms with van der Waals surface area (Å²) >= 11 is 0.969. The van der Waals surface area contributed by atoms with E-state index in [4.69, 9.17) is 5.73 Å². The summed E-state index contributed by atoms with van der Waals surface area (Å²) in [6.45, 7) is 0.949. The molecule has 0 unspecified atom stereocenters. The van der Waals surface area contributed by atoms with Crippen LogP contribution in [0.3, 0.4) is 0 Å². The molecule has 29 heavy (non-hydrogen) atoms. The summed E-state index contributed by atoms with van der Waals surface area (Å²) in [4.78, 5) is 23.9. The number of primary amides is 1. The van der Waals surface area contributed by atoms with E-state index in [0.717, 1.165) is 36.7 Å². The molecule has 3 rings (SSSR count). The molecule has 0 radical (unpaired) electrons. The zero-order chi connectivity index (χ0) is 21.2. The summed E-state index contributed by atoms with van der Waals surface area (Å²) in [7, 11) is -3.60. The molecule has 1 aliphatic heterocycles. The summed E-state index contributed by atoms with van der Waals surface area (Å²) in [6, 6.07) is 4.26. The summed E-state index contributed by atoms with van der Waals surface area (Å²) in [5.41, 5.74) is 4.09. The first-order valence-corrected chi connectivity index (χ1v) is 11.1. The Labute approximate surface area is 170 Å². The maximum Gasteiger partial charge on any atom is 0.252 e. The second-order valence-electron chi connectivity index (χ2n) is 6.59. The average Bonchev–Trinajstić information content (AvgIpc) is 3.13. The molecule has 0 aliphatic carbocycles. The quantitative estimate of drug-likeness (QED) is 0.715. The van der Waals surface area contributed by atoms with Crippen LogP contribution in [-0.4, -0.2) is 37.6 Å². The van der Waals surface area contributed by atoms with Crippen molar-refractivity contribution in [2.45, 2.75) is 29.9 Å². The van der Waals surface area contributed by atoms with Crippen molar-refractivity contribution in [2.24, 2.45) is 5.73 Å². The molecule has 11 heteroatoms. The third kappa shape index (κ3) is 4.80. The van der Waals surface area contributed by atoms with E-state index < -0.39 is 39.0 Å². The summed E-state index contributed by atoms with van der Waals surface area (Å²) in [6.07, 6.45) is 2.43. The molecule has 1 aromatic heterocycles. The number of nitrogens with zero attached hydrogens (tertiary/aromatic N) is 1. The number of rotatable bonds is 6. The van der Waals surface area contributed by atoms with Crippen LogP contribution in [-0.2, 0) is 21.2 Å². The van der Waals surface area contributed by atoms with E-state index in [0.29, 0.717) is 24.0 Å². The summed E-state index contributed by atoms with van der Waals surface area (Å²) in [5.74, 6) is -3.92. The van der Waals surface area contributed by atoms with Gasteiger partial charge in [-0.25, -0.2) is 17.2 Å². The van der Waals surface area contributed by atoms with Crippen LogP contribution in [0.25, 0.3) is 0 Å². The van der Waals surface area contributed by atoms with Crippen molar-refractivity contribution in [3.8, 4) is 0 Å². The Kier molecular flexibility index (Phi) is 6.30. The van der Waals surface area contributed by atoms with E-state index in [1.807, 2.05) is 0 Å². The molecule has 1 aromatic carbocycles. The lowest BCUT2D eigenvalue weighted by Gasteiger charge is -2.25. The average molecular weight is 443 g/mol. The Bertz CT molecular complexity index is 1050. The number of hydrogen-bond acceptors (Lipinski definition) is 5. The predicted octanol–water partition coefficient (Wildman–Crippen LogP) is 2.48. The van der Waals surface area contributed by atoms with Gasteiger partial charge in [-0.2, -0.15) is 4.31 Å². The third-order valence-corrected chi connectivity index (χ3v) is 7.93. The van der Waals surface area contributed by atoms with Crippen LogP contribution in [0.4, 0.5) is 14.5 Å². The summed E-state index contributed by atoms with van der Waals surface area (Å²) in [5, 5.41) is 2.25. The van der Waals surface area contributed by atoms with E-state index in [2.05, 4.69) is 5.32 Å².